The summed E-state index contributed by atoms with van der Waals surface area (Å²) in [5.74, 6) is -0.599. The molecule has 0 aliphatic heterocycles. The van der Waals surface area contributed by atoms with E-state index in [-0.39, 0.29) is 36.7 Å². The van der Waals surface area contributed by atoms with Gasteiger partial charge in [0.15, 0.2) is 0 Å². The van der Waals surface area contributed by atoms with Crippen LogP contribution >= 0.6 is 0 Å². The lowest BCUT2D eigenvalue weighted by molar-refractivity contribution is -0.137. The number of aromatic amines is 1. The van der Waals surface area contributed by atoms with E-state index in [4.69, 9.17) is 5.11 Å². The molecule has 2 aromatic rings. The minimum absolute atomic E-state index is 0.0641. The lowest BCUT2D eigenvalue weighted by Crippen LogP contribution is -2.21. The zero-order chi connectivity index (χ0) is 18.0. The Hall–Kier alpha value is -2.97. The Morgan fingerprint density at radius 1 is 1.36 bits per heavy atom. The minimum atomic E-state index is -0.936. The molecule has 0 saturated heterocycles. The van der Waals surface area contributed by atoms with Crippen molar-refractivity contribution in [3.8, 4) is 5.95 Å². The highest BCUT2D eigenvalue weighted by atomic mass is 16.4. The first kappa shape index (κ1) is 16.9. The highest BCUT2D eigenvalue weighted by molar-refractivity contribution is 5.90. The number of aliphatic carboxylic acids is 1. The van der Waals surface area contributed by atoms with E-state index in [2.05, 4.69) is 20.4 Å². The molecule has 0 radical (unpaired) electrons. The van der Waals surface area contributed by atoms with Crippen molar-refractivity contribution in [2.75, 3.05) is 5.32 Å². The van der Waals surface area contributed by atoms with Gasteiger partial charge in [0.05, 0.1) is 11.4 Å². The topological polar surface area (TPSA) is 130 Å². The summed E-state index contributed by atoms with van der Waals surface area (Å²) in [7, 11) is 0. The Morgan fingerprint density at radius 2 is 2.16 bits per heavy atom. The molecule has 1 aliphatic carbocycles. The van der Waals surface area contributed by atoms with Crippen molar-refractivity contribution < 1.29 is 14.7 Å². The van der Waals surface area contributed by atoms with Crippen LogP contribution in [0, 0.1) is 6.92 Å². The number of carboxylic acids is 1. The molecule has 0 atom stereocenters. The van der Waals surface area contributed by atoms with E-state index in [1.54, 1.807) is 13.0 Å². The van der Waals surface area contributed by atoms with Crippen LogP contribution in [0.3, 0.4) is 0 Å². The van der Waals surface area contributed by atoms with Crippen molar-refractivity contribution in [1.82, 2.24) is 19.7 Å². The maximum Gasteiger partial charge on any atom is 0.303 e. The molecule has 25 heavy (non-hydrogen) atoms. The molecule has 0 aromatic carbocycles. The first-order valence-electron chi connectivity index (χ1n) is 8.15. The molecule has 2 aromatic heterocycles. The van der Waals surface area contributed by atoms with Gasteiger partial charge in [0, 0.05) is 24.5 Å². The molecule has 2 heterocycles. The van der Waals surface area contributed by atoms with Gasteiger partial charge in [0.1, 0.15) is 5.82 Å². The smallest absolute Gasteiger partial charge is 0.303 e. The van der Waals surface area contributed by atoms with Crippen LogP contribution in [0.4, 0.5) is 5.82 Å². The summed E-state index contributed by atoms with van der Waals surface area (Å²) in [6, 6.07) is 1.67. The predicted octanol–water partition coefficient (Wildman–Crippen LogP) is 0.946. The standard InChI is InChI=1S/C16H19N5O4/c1-9-8-12(18-13(22)6-3-7-14(23)24)21(20-9)16-17-11-5-2-4-10(11)15(25)19-16/h8H,2-7H2,1H3,(H,18,22)(H,23,24)(H,17,19,25). The van der Waals surface area contributed by atoms with Gasteiger partial charge >= 0.3 is 5.97 Å². The number of amides is 1. The number of hydrogen-bond donors (Lipinski definition) is 3. The lowest BCUT2D eigenvalue weighted by atomic mass is 10.2. The fraction of sp³-hybridized carbons (Fsp3) is 0.438. The lowest BCUT2D eigenvalue weighted by Gasteiger charge is -2.09. The first-order valence-corrected chi connectivity index (χ1v) is 8.15. The summed E-state index contributed by atoms with van der Waals surface area (Å²) >= 11 is 0. The van der Waals surface area contributed by atoms with Crippen LogP contribution in [0.2, 0.25) is 0 Å². The number of hydrogen-bond acceptors (Lipinski definition) is 5. The van der Waals surface area contributed by atoms with Gasteiger partial charge in [-0.05, 0) is 32.6 Å². The third-order valence-corrected chi connectivity index (χ3v) is 4.02. The maximum atomic E-state index is 12.2. The molecule has 9 heteroatoms. The molecule has 0 bridgehead atoms. The normalized spacial score (nSPS) is 12.8. The van der Waals surface area contributed by atoms with E-state index >= 15 is 0 Å². The number of anilines is 1. The van der Waals surface area contributed by atoms with E-state index < -0.39 is 5.97 Å². The van der Waals surface area contributed by atoms with Gasteiger partial charge in [0.2, 0.25) is 11.9 Å². The SMILES string of the molecule is Cc1cc(NC(=O)CCCC(=O)O)n(-c2nc3c(c(=O)[nH]2)CCC3)n1. The molecule has 0 spiro atoms. The van der Waals surface area contributed by atoms with Gasteiger partial charge < -0.3 is 10.4 Å². The third kappa shape index (κ3) is 3.76. The molecule has 9 nitrogen and oxygen atoms in total. The minimum Gasteiger partial charge on any atom is -0.481 e. The largest absolute Gasteiger partial charge is 0.481 e. The Balaban J connectivity index is 1.82. The molecular formula is C16H19N5O4. The molecule has 132 valence electrons. The summed E-state index contributed by atoms with van der Waals surface area (Å²) in [6.07, 6.45) is 2.66. The Kier molecular flexibility index (Phi) is 4.64. The Morgan fingerprint density at radius 3 is 2.92 bits per heavy atom. The first-order chi connectivity index (χ1) is 11.9. The highest BCUT2D eigenvalue weighted by Gasteiger charge is 2.20. The average Bonchev–Trinajstić information content (AvgIpc) is 3.13. The van der Waals surface area contributed by atoms with Gasteiger partial charge in [0.25, 0.3) is 5.56 Å². The number of carbonyl (C=O) groups is 2. The van der Waals surface area contributed by atoms with E-state index in [1.165, 1.54) is 4.68 Å². The van der Waals surface area contributed by atoms with Crippen LogP contribution < -0.4 is 10.9 Å². The van der Waals surface area contributed by atoms with Gasteiger partial charge in [-0.15, -0.1) is 0 Å². The maximum absolute atomic E-state index is 12.2. The quantitative estimate of drug-likeness (QED) is 0.714. The summed E-state index contributed by atoms with van der Waals surface area (Å²) in [4.78, 5) is 41.9. The Bertz CT molecular complexity index is 883. The molecule has 0 fully saturated rings. The summed E-state index contributed by atoms with van der Waals surface area (Å²) in [5.41, 5.74) is 1.96. The highest BCUT2D eigenvalue weighted by Crippen LogP contribution is 2.19. The van der Waals surface area contributed by atoms with Crippen molar-refractivity contribution in [3.63, 3.8) is 0 Å². The summed E-state index contributed by atoms with van der Waals surface area (Å²) in [5, 5.41) is 15.6. The van der Waals surface area contributed by atoms with Crippen molar-refractivity contribution in [2.24, 2.45) is 0 Å². The second-order valence-corrected chi connectivity index (χ2v) is 6.05. The molecule has 3 N–H and O–H groups in total. The fourth-order valence-corrected chi connectivity index (χ4v) is 2.88. The van der Waals surface area contributed by atoms with Crippen LogP contribution in [0.1, 0.15) is 42.6 Å². The number of fused-ring (bicyclic) bond motifs is 1. The number of aromatic nitrogens is 4. The predicted molar refractivity (Wildman–Crippen MR) is 88.9 cm³/mol. The number of carbonyl (C=O) groups excluding carboxylic acids is 1. The number of rotatable bonds is 6. The monoisotopic (exact) mass is 345 g/mol. The van der Waals surface area contributed by atoms with Crippen LogP contribution in [-0.4, -0.2) is 36.7 Å². The van der Waals surface area contributed by atoms with Gasteiger partial charge in [-0.2, -0.15) is 9.78 Å². The zero-order valence-corrected chi connectivity index (χ0v) is 13.8. The number of carboxylic acid groups (broad SMARTS) is 1. The van der Waals surface area contributed by atoms with E-state index in [0.29, 0.717) is 17.1 Å². The number of H-pyrrole nitrogens is 1. The number of nitrogens with one attached hydrogen (secondary N) is 2. The fourth-order valence-electron chi connectivity index (χ4n) is 2.88. The number of aryl methyl sites for hydroxylation is 2. The number of nitrogens with zero attached hydrogens (tertiary/aromatic N) is 3. The van der Waals surface area contributed by atoms with E-state index in [0.717, 1.165) is 25.0 Å². The molecular weight excluding hydrogens is 326 g/mol. The van der Waals surface area contributed by atoms with Crippen LogP contribution in [0.5, 0.6) is 0 Å². The molecule has 1 aliphatic rings. The summed E-state index contributed by atoms with van der Waals surface area (Å²) in [6.45, 7) is 1.77. The van der Waals surface area contributed by atoms with Crippen LogP contribution in [0.25, 0.3) is 5.95 Å². The van der Waals surface area contributed by atoms with Crippen molar-refractivity contribution in [2.45, 2.75) is 45.4 Å². The Labute approximate surface area is 143 Å². The second-order valence-electron chi connectivity index (χ2n) is 6.05. The van der Waals surface area contributed by atoms with Crippen molar-refractivity contribution in [1.29, 1.82) is 0 Å². The summed E-state index contributed by atoms with van der Waals surface area (Å²) < 4.78 is 1.39. The van der Waals surface area contributed by atoms with Gasteiger partial charge in [-0.25, -0.2) is 4.98 Å². The van der Waals surface area contributed by atoms with Crippen LogP contribution in [0.15, 0.2) is 10.9 Å². The molecule has 0 saturated carbocycles. The van der Waals surface area contributed by atoms with Crippen molar-refractivity contribution >= 4 is 17.7 Å². The third-order valence-electron chi connectivity index (χ3n) is 4.02. The zero-order valence-electron chi connectivity index (χ0n) is 13.8. The van der Waals surface area contributed by atoms with Gasteiger partial charge in [-0.1, -0.05) is 0 Å². The second kappa shape index (κ2) is 6.88. The molecule has 3 rings (SSSR count). The van der Waals surface area contributed by atoms with E-state index in [1.807, 2.05) is 0 Å². The molecule has 1 amide bonds. The average molecular weight is 345 g/mol. The van der Waals surface area contributed by atoms with E-state index in [9.17, 15) is 14.4 Å². The van der Waals surface area contributed by atoms with Crippen LogP contribution in [-0.2, 0) is 22.4 Å². The van der Waals surface area contributed by atoms with Crippen molar-refractivity contribution in [3.05, 3.63) is 33.4 Å². The molecule has 0 unspecified atom stereocenters. The van der Waals surface area contributed by atoms with Gasteiger partial charge in [-0.3, -0.25) is 19.4 Å².